The molecule has 0 fully saturated rings. The Morgan fingerprint density at radius 1 is 1.41 bits per heavy atom. The molecule has 1 rings (SSSR count). The predicted octanol–water partition coefficient (Wildman–Crippen LogP) is 0.409. The molecule has 17 heavy (non-hydrogen) atoms. The summed E-state index contributed by atoms with van der Waals surface area (Å²) in [6.45, 7) is 3.24. The number of rotatable bonds is 7. The third-order valence-corrected chi connectivity index (χ3v) is 5.47. The van der Waals surface area contributed by atoms with Gasteiger partial charge in [-0.25, -0.2) is 8.42 Å². The minimum Gasteiger partial charge on any atom is -0.395 e. The van der Waals surface area contributed by atoms with Gasteiger partial charge in [-0.2, -0.15) is 4.31 Å². The molecular formula is C10H15NO4S2. The van der Waals surface area contributed by atoms with Crippen molar-refractivity contribution in [2.75, 3.05) is 19.7 Å². The van der Waals surface area contributed by atoms with Crippen LogP contribution in [0.25, 0.3) is 0 Å². The topological polar surface area (TPSA) is 77.8 Å². The smallest absolute Gasteiger partial charge is 0.252 e. The quantitative estimate of drug-likeness (QED) is 0.708. The summed E-state index contributed by atoms with van der Waals surface area (Å²) in [5.41, 5.74) is 0. The molecule has 0 saturated carbocycles. The summed E-state index contributed by atoms with van der Waals surface area (Å²) in [4.78, 5) is 0.589. The van der Waals surface area contributed by atoms with Crippen LogP contribution in [0.4, 0.5) is 0 Å². The van der Waals surface area contributed by atoms with Crippen LogP contribution in [-0.2, 0) is 16.6 Å². The standard InChI is InChI=1S/C10H15NO4S2/c1-2-5-11(6-7-12)17(14,15)10-4-3-9(8-13)16-10/h2-4,12-13H,1,5-8H2. The molecule has 0 aliphatic rings. The lowest BCUT2D eigenvalue weighted by Crippen LogP contribution is -2.33. The summed E-state index contributed by atoms with van der Waals surface area (Å²) < 4.78 is 25.6. The van der Waals surface area contributed by atoms with Crippen molar-refractivity contribution < 1.29 is 18.6 Å². The SMILES string of the molecule is C=CCN(CCO)S(=O)(=O)c1ccc(CO)s1. The van der Waals surface area contributed by atoms with E-state index in [1.807, 2.05) is 0 Å². The zero-order chi connectivity index (χ0) is 12.9. The van der Waals surface area contributed by atoms with Gasteiger partial charge >= 0.3 is 0 Å². The van der Waals surface area contributed by atoms with E-state index in [1.54, 1.807) is 6.07 Å². The molecule has 7 heteroatoms. The number of hydrogen-bond donors (Lipinski definition) is 2. The molecule has 1 aromatic rings. The molecule has 0 atom stereocenters. The summed E-state index contributed by atoms with van der Waals surface area (Å²) >= 11 is 1.02. The lowest BCUT2D eigenvalue weighted by molar-refractivity contribution is 0.260. The number of thiophene rings is 1. The van der Waals surface area contributed by atoms with Crippen molar-refractivity contribution in [1.29, 1.82) is 0 Å². The normalized spacial score (nSPS) is 11.9. The zero-order valence-corrected chi connectivity index (χ0v) is 10.9. The molecular weight excluding hydrogens is 262 g/mol. The maximum Gasteiger partial charge on any atom is 0.252 e. The van der Waals surface area contributed by atoms with E-state index >= 15 is 0 Å². The molecule has 1 heterocycles. The van der Waals surface area contributed by atoms with Crippen molar-refractivity contribution in [2.45, 2.75) is 10.8 Å². The van der Waals surface area contributed by atoms with Crippen molar-refractivity contribution in [3.8, 4) is 0 Å². The second-order valence-electron chi connectivity index (χ2n) is 3.25. The first-order chi connectivity index (χ1) is 8.06. The van der Waals surface area contributed by atoms with Gasteiger partial charge in [0.2, 0.25) is 0 Å². The summed E-state index contributed by atoms with van der Waals surface area (Å²) in [5.74, 6) is 0. The summed E-state index contributed by atoms with van der Waals surface area (Å²) in [5, 5.41) is 17.8. The summed E-state index contributed by atoms with van der Waals surface area (Å²) in [6, 6.07) is 3.03. The van der Waals surface area contributed by atoms with Crippen molar-refractivity contribution in [1.82, 2.24) is 4.31 Å². The fraction of sp³-hybridized carbons (Fsp3) is 0.400. The molecule has 0 aliphatic heterocycles. The number of sulfonamides is 1. The molecule has 0 aliphatic carbocycles. The maximum atomic E-state index is 12.1. The van der Waals surface area contributed by atoms with Crippen molar-refractivity contribution in [3.63, 3.8) is 0 Å². The fourth-order valence-corrected chi connectivity index (χ4v) is 4.05. The molecule has 0 bridgehead atoms. The average molecular weight is 277 g/mol. The molecule has 96 valence electrons. The van der Waals surface area contributed by atoms with Crippen LogP contribution >= 0.6 is 11.3 Å². The molecule has 0 saturated heterocycles. The molecule has 0 unspecified atom stereocenters. The van der Waals surface area contributed by atoms with Gasteiger partial charge in [-0.3, -0.25) is 0 Å². The van der Waals surface area contributed by atoms with Gasteiger partial charge in [0.15, 0.2) is 0 Å². The van der Waals surface area contributed by atoms with E-state index < -0.39 is 10.0 Å². The highest BCUT2D eigenvalue weighted by atomic mass is 32.2. The number of aliphatic hydroxyl groups excluding tert-OH is 2. The van der Waals surface area contributed by atoms with Crippen LogP contribution in [0.15, 0.2) is 29.0 Å². The minimum atomic E-state index is -3.61. The second kappa shape index (κ2) is 6.27. The lowest BCUT2D eigenvalue weighted by Gasteiger charge is -2.18. The predicted molar refractivity (Wildman–Crippen MR) is 66.3 cm³/mol. The van der Waals surface area contributed by atoms with Gasteiger partial charge in [0, 0.05) is 18.0 Å². The Morgan fingerprint density at radius 3 is 2.59 bits per heavy atom. The van der Waals surface area contributed by atoms with Crippen molar-refractivity contribution in [2.24, 2.45) is 0 Å². The molecule has 5 nitrogen and oxygen atoms in total. The van der Waals surface area contributed by atoms with Crippen LogP contribution in [0, 0.1) is 0 Å². The summed E-state index contributed by atoms with van der Waals surface area (Å²) in [7, 11) is -3.61. The molecule has 0 aromatic carbocycles. The number of nitrogens with zero attached hydrogens (tertiary/aromatic N) is 1. The van der Waals surface area contributed by atoms with E-state index in [4.69, 9.17) is 10.2 Å². The molecule has 1 aromatic heterocycles. The Kier molecular flexibility index (Phi) is 5.29. The first-order valence-corrected chi connectivity index (χ1v) is 7.23. The third-order valence-electron chi connectivity index (χ3n) is 2.07. The Labute approximate surface area is 105 Å². The van der Waals surface area contributed by atoms with Crippen molar-refractivity contribution in [3.05, 3.63) is 29.7 Å². The zero-order valence-electron chi connectivity index (χ0n) is 9.24. The molecule has 2 N–H and O–H groups in total. The molecule has 0 amide bonds. The Bertz CT molecular complexity index is 466. The van der Waals surface area contributed by atoms with Crippen LogP contribution in [0.5, 0.6) is 0 Å². The van der Waals surface area contributed by atoms with Gasteiger partial charge in [0.05, 0.1) is 13.2 Å². The van der Waals surface area contributed by atoms with Gasteiger partial charge < -0.3 is 10.2 Å². The van der Waals surface area contributed by atoms with E-state index in [9.17, 15) is 8.42 Å². The van der Waals surface area contributed by atoms with E-state index in [1.165, 1.54) is 12.1 Å². The Balaban J connectivity index is 3.02. The minimum absolute atomic E-state index is 0.0285. The van der Waals surface area contributed by atoms with Gasteiger partial charge in [0.1, 0.15) is 4.21 Å². The number of hydrogen-bond acceptors (Lipinski definition) is 5. The first kappa shape index (κ1) is 14.3. The van der Waals surface area contributed by atoms with E-state index in [0.29, 0.717) is 4.88 Å². The van der Waals surface area contributed by atoms with Gasteiger partial charge in [-0.15, -0.1) is 17.9 Å². The second-order valence-corrected chi connectivity index (χ2v) is 6.59. The lowest BCUT2D eigenvalue weighted by atomic mass is 10.5. The first-order valence-electron chi connectivity index (χ1n) is 4.97. The Morgan fingerprint density at radius 2 is 2.12 bits per heavy atom. The van der Waals surface area contributed by atoms with E-state index in [-0.39, 0.29) is 30.5 Å². The average Bonchev–Trinajstić information content (AvgIpc) is 2.78. The largest absolute Gasteiger partial charge is 0.395 e. The highest BCUT2D eigenvalue weighted by molar-refractivity contribution is 7.91. The molecule has 0 radical (unpaired) electrons. The van der Waals surface area contributed by atoms with Crippen molar-refractivity contribution >= 4 is 21.4 Å². The van der Waals surface area contributed by atoms with Crippen LogP contribution in [0.2, 0.25) is 0 Å². The van der Waals surface area contributed by atoms with Gasteiger partial charge in [-0.1, -0.05) is 6.08 Å². The third kappa shape index (κ3) is 3.36. The number of aliphatic hydroxyl groups is 2. The van der Waals surface area contributed by atoms with Gasteiger partial charge in [0.25, 0.3) is 10.0 Å². The van der Waals surface area contributed by atoms with Crippen LogP contribution in [0.3, 0.4) is 0 Å². The van der Waals surface area contributed by atoms with E-state index in [0.717, 1.165) is 15.6 Å². The van der Waals surface area contributed by atoms with Gasteiger partial charge in [-0.05, 0) is 12.1 Å². The maximum absolute atomic E-state index is 12.1. The highest BCUT2D eigenvalue weighted by Crippen LogP contribution is 2.24. The highest BCUT2D eigenvalue weighted by Gasteiger charge is 2.24. The Hall–Kier alpha value is -0.730. The van der Waals surface area contributed by atoms with Crippen LogP contribution in [-0.4, -0.2) is 42.6 Å². The summed E-state index contributed by atoms with van der Waals surface area (Å²) in [6.07, 6.45) is 1.47. The fourth-order valence-electron chi connectivity index (χ4n) is 1.27. The van der Waals surface area contributed by atoms with E-state index in [2.05, 4.69) is 6.58 Å². The molecule has 0 spiro atoms. The monoisotopic (exact) mass is 277 g/mol. The van der Waals surface area contributed by atoms with Crippen LogP contribution in [0.1, 0.15) is 4.88 Å². The van der Waals surface area contributed by atoms with Crippen LogP contribution < -0.4 is 0 Å².